The van der Waals surface area contributed by atoms with E-state index in [1.165, 1.54) is 12.1 Å². The highest BCUT2D eigenvalue weighted by atomic mass is 19.1. The summed E-state index contributed by atoms with van der Waals surface area (Å²) in [5.41, 5.74) is 1.16. The van der Waals surface area contributed by atoms with Gasteiger partial charge in [-0.25, -0.2) is 9.18 Å². The first-order valence-corrected chi connectivity index (χ1v) is 9.06. The fraction of sp³-hybridized carbons (Fsp3) is 0.190. The molecule has 1 fully saturated rings. The van der Waals surface area contributed by atoms with Crippen LogP contribution in [0.5, 0.6) is 0 Å². The second kappa shape index (κ2) is 6.73. The third kappa shape index (κ3) is 3.44. The highest BCUT2D eigenvalue weighted by Gasteiger charge is 2.44. The van der Waals surface area contributed by atoms with Crippen LogP contribution in [0.4, 0.5) is 14.9 Å². The normalized spacial score (nSPS) is 15.6. The Hall–Kier alpha value is -3.68. The van der Waals surface area contributed by atoms with Crippen molar-refractivity contribution in [1.82, 2.24) is 15.2 Å². The van der Waals surface area contributed by atoms with Gasteiger partial charge in [0.15, 0.2) is 0 Å². The monoisotopic (exact) mass is 394 g/mol. The van der Waals surface area contributed by atoms with E-state index in [1.807, 2.05) is 0 Å². The van der Waals surface area contributed by atoms with Gasteiger partial charge in [0, 0.05) is 16.6 Å². The number of carbonyl (C=O) groups excluding carboxylic acids is 3. The third-order valence-electron chi connectivity index (χ3n) is 4.85. The summed E-state index contributed by atoms with van der Waals surface area (Å²) in [6, 6.07) is 12.5. The number of aromatic nitrogens is 1. The number of fused-ring (bicyclic) bond motifs is 1. The molecule has 1 saturated heterocycles. The molecule has 0 radical (unpaired) electrons. The van der Waals surface area contributed by atoms with Crippen LogP contribution in [0.3, 0.4) is 0 Å². The van der Waals surface area contributed by atoms with E-state index < -0.39 is 23.3 Å². The number of hydrogen-bond donors (Lipinski definition) is 3. The number of urea groups is 1. The molecule has 3 N–H and O–H groups in total. The Labute approximate surface area is 165 Å². The maximum Gasteiger partial charge on any atom is 0.325 e. The predicted octanol–water partition coefficient (Wildman–Crippen LogP) is 3.39. The minimum Gasteiger partial charge on any atom is -0.350 e. The standard InChI is InChI=1S/C21H19FN4O3/c1-21(2)19(28)26(20(29)25-21)11-12-6-8-13(9-7-12)23-18(27)17-10-14-15(22)4-3-5-16(14)24-17/h3-10,24H,11H2,1-2H3,(H,23,27)(H,25,29). The fourth-order valence-electron chi connectivity index (χ4n) is 3.28. The van der Waals surface area contributed by atoms with E-state index in [2.05, 4.69) is 15.6 Å². The largest absolute Gasteiger partial charge is 0.350 e. The fourth-order valence-corrected chi connectivity index (χ4v) is 3.28. The lowest BCUT2D eigenvalue weighted by molar-refractivity contribution is -0.130. The van der Waals surface area contributed by atoms with Gasteiger partial charge in [0.1, 0.15) is 17.1 Å². The number of halogens is 1. The smallest absolute Gasteiger partial charge is 0.325 e. The Morgan fingerprint density at radius 2 is 1.86 bits per heavy atom. The molecular weight excluding hydrogens is 375 g/mol. The molecule has 8 heteroatoms. The molecule has 7 nitrogen and oxygen atoms in total. The van der Waals surface area contributed by atoms with Crippen molar-refractivity contribution in [3.63, 3.8) is 0 Å². The van der Waals surface area contributed by atoms with E-state index in [0.29, 0.717) is 16.6 Å². The molecule has 4 amide bonds. The average Bonchev–Trinajstić information content (AvgIpc) is 3.19. The number of benzene rings is 2. The molecule has 0 aliphatic carbocycles. The summed E-state index contributed by atoms with van der Waals surface area (Å²) in [6.45, 7) is 3.45. The second-order valence-corrected chi connectivity index (χ2v) is 7.48. The molecule has 4 rings (SSSR count). The number of anilines is 1. The van der Waals surface area contributed by atoms with E-state index in [0.717, 1.165) is 10.5 Å². The predicted molar refractivity (Wildman–Crippen MR) is 106 cm³/mol. The van der Waals surface area contributed by atoms with Crippen LogP contribution in [-0.4, -0.2) is 33.3 Å². The highest BCUT2D eigenvalue weighted by molar-refractivity contribution is 6.07. The van der Waals surface area contributed by atoms with Crippen LogP contribution in [0.15, 0.2) is 48.5 Å². The number of carbonyl (C=O) groups is 3. The number of nitrogens with zero attached hydrogens (tertiary/aromatic N) is 1. The molecule has 1 aliphatic rings. The molecule has 1 aliphatic heterocycles. The number of nitrogens with one attached hydrogen (secondary N) is 3. The van der Waals surface area contributed by atoms with Crippen molar-refractivity contribution in [3.05, 3.63) is 65.6 Å². The van der Waals surface area contributed by atoms with Gasteiger partial charge < -0.3 is 15.6 Å². The summed E-state index contributed by atoms with van der Waals surface area (Å²) in [4.78, 5) is 40.7. The zero-order valence-corrected chi connectivity index (χ0v) is 15.9. The van der Waals surface area contributed by atoms with Gasteiger partial charge >= 0.3 is 6.03 Å². The van der Waals surface area contributed by atoms with Gasteiger partial charge in [0.25, 0.3) is 11.8 Å². The summed E-state index contributed by atoms with van der Waals surface area (Å²) in [6.07, 6.45) is 0. The van der Waals surface area contributed by atoms with Crippen molar-refractivity contribution in [2.24, 2.45) is 0 Å². The van der Waals surface area contributed by atoms with Gasteiger partial charge in [-0.1, -0.05) is 18.2 Å². The highest BCUT2D eigenvalue weighted by Crippen LogP contribution is 2.21. The van der Waals surface area contributed by atoms with Crippen molar-refractivity contribution >= 4 is 34.4 Å². The topological polar surface area (TPSA) is 94.3 Å². The van der Waals surface area contributed by atoms with Gasteiger partial charge in [-0.2, -0.15) is 0 Å². The van der Waals surface area contributed by atoms with E-state index in [9.17, 15) is 18.8 Å². The minimum atomic E-state index is -0.913. The van der Waals surface area contributed by atoms with E-state index in [-0.39, 0.29) is 18.1 Å². The van der Waals surface area contributed by atoms with E-state index >= 15 is 0 Å². The molecule has 0 bridgehead atoms. The Kier molecular flexibility index (Phi) is 4.34. The Bertz CT molecular complexity index is 1130. The van der Waals surface area contributed by atoms with Crippen molar-refractivity contribution in [2.75, 3.05) is 5.32 Å². The van der Waals surface area contributed by atoms with Crippen molar-refractivity contribution in [2.45, 2.75) is 25.9 Å². The molecule has 2 heterocycles. The molecule has 148 valence electrons. The molecule has 2 aromatic carbocycles. The molecule has 0 unspecified atom stereocenters. The number of hydrogen-bond acceptors (Lipinski definition) is 3. The molecule has 0 atom stereocenters. The Balaban J connectivity index is 1.45. The second-order valence-electron chi connectivity index (χ2n) is 7.48. The first kappa shape index (κ1) is 18.7. The lowest BCUT2D eigenvalue weighted by Gasteiger charge is -2.16. The van der Waals surface area contributed by atoms with E-state index in [4.69, 9.17) is 0 Å². The summed E-state index contributed by atoms with van der Waals surface area (Å²) in [5.74, 6) is -1.08. The van der Waals surface area contributed by atoms with Gasteiger partial charge in [-0.15, -0.1) is 0 Å². The maximum atomic E-state index is 13.8. The van der Waals surface area contributed by atoms with Gasteiger partial charge in [-0.05, 0) is 49.7 Å². The molecule has 29 heavy (non-hydrogen) atoms. The van der Waals surface area contributed by atoms with E-state index in [1.54, 1.807) is 50.2 Å². The Morgan fingerprint density at radius 1 is 1.14 bits per heavy atom. The average molecular weight is 394 g/mol. The molecule has 0 saturated carbocycles. The number of rotatable bonds is 4. The number of amides is 4. The van der Waals surface area contributed by atoms with Crippen molar-refractivity contribution < 1.29 is 18.8 Å². The van der Waals surface area contributed by atoms with Crippen molar-refractivity contribution in [1.29, 1.82) is 0 Å². The summed E-state index contributed by atoms with van der Waals surface area (Å²) in [5, 5.41) is 5.72. The zero-order chi connectivity index (χ0) is 20.8. The molecule has 0 spiro atoms. The first-order chi connectivity index (χ1) is 13.7. The first-order valence-electron chi connectivity index (χ1n) is 9.06. The minimum absolute atomic E-state index is 0.142. The van der Waals surface area contributed by atoms with Crippen LogP contribution in [0.1, 0.15) is 29.9 Å². The zero-order valence-electron chi connectivity index (χ0n) is 15.9. The summed E-state index contributed by atoms with van der Waals surface area (Å²) < 4.78 is 13.8. The lowest BCUT2D eigenvalue weighted by atomic mass is 10.1. The summed E-state index contributed by atoms with van der Waals surface area (Å²) in [7, 11) is 0. The Morgan fingerprint density at radius 3 is 2.48 bits per heavy atom. The van der Waals surface area contributed by atoms with Crippen LogP contribution in [0.2, 0.25) is 0 Å². The summed E-state index contributed by atoms with van der Waals surface area (Å²) >= 11 is 0. The van der Waals surface area contributed by atoms with Crippen LogP contribution >= 0.6 is 0 Å². The molecule has 3 aromatic rings. The number of imide groups is 1. The molecular formula is C21H19FN4O3. The van der Waals surface area contributed by atoms with Gasteiger partial charge in [-0.3, -0.25) is 14.5 Å². The van der Waals surface area contributed by atoms with Crippen LogP contribution in [0, 0.1) is 5.82 Å². The van der Waals surface area contributed by atoms with Gasteiger partial charge in [0.05, 0.1) is 6.54 Å². The maximum absolute atomic E-state index is 13.8. The third-order valence-corrected chi connectivity index (χ3v) is 4.85. The molecule has 1 aromatic heterocycles. The van der Waals surface area contributed by atoms with Crippen LogP contribution in [0.25, 0.3) is 10.9 Å². The lowest BCUT2D eigenvalue weighted by Crippen LogP contribution is -2.40. The van der Waals surface area contributed by atoms with Crippen LogP contribution < -0.4 is 10.6 Å². The number of aromatic amines is 1. The van der Waals surface area contributed by atoms with Crippen LogP contribution in [-0.2, 0) is 11.3 Å². The SMILES string of the molecule is CC1(C)NC(=O)N(Cc2ccc(NC(=O)c3cc4c(F)cccc4[nH]3)cc2)C1=O. The number of H-pyrrole nitrogens is 1. The van der Waals surface area contributed by atoms with Gasteiger partial charge in [0.2, 0.25) is 0 Å². The quantitative estimate of drug-likeness (QED) is 0.592. The van der Waals surface area contributed by atoms with Crippen molar-refractivity contribution in [3.8, 4) is 0 Å².